The molecule has 1 spiro atoms. The molecule has 0 saturated carbocycles. The number of aryl methyl sites for hydroxylation is 2. The number of rotatable bonds is 4. The summed E-state index contributed by atoms with van der Waals surface area (Å²) in [5.41, 5.74) is 3.61. The van der Waals surface area contributed by atoms with Gasteiger partial charge in [0.2, 0.25) is 0 Å². The molecule has 2 saturated heterocycles. The highest BCUT2D eigenvalue weighted by Gasteiger charge is 2.41. The summed E-state index contributed by atoms with van der Waals surface area (Å²) in [7, 11) is 0. The fourth-order valence-corrected chi connectivity index (χ4v) is 4.13. The van der Waals surface area contributed by atoms with Gasteiger partial charge in [0.05, 0.1) is 18.9 Å². The van der Waals surface area contributed by atoms with Gasteiger partial charge in [-0.2, -0.15) is 10.1 Å². The third-order valence-electron chi connectivity index (χ3n) is 6.24. The minimum absolute atomic E-state index is 0.000905. The lowest BCUT2D eigenvalue weighted by molar-refractivity contribution is -0.181. The third kappa shape index (κ3) is 4.31. The van der Waals surface area contributed by atoms with Gasteiger partial charge < -0.3 is 18.9 Å². The van der Waals surface area contributed by atoms with Crippen LogP contribution < -0.4 is 5.56 Å². The van der Waals surface area contributed by atoms with Crippen molar-refractivity contribution in [1.29, 1.82) is 0 Å². The van der Waals surface area contributed by atoms with Gasteiger partial charge in [-0.3, -0.25) is 9.59 Å². The zero-order valence-electron chi connectivity index (χ0n) is 18.6. The van der Waals surface area contributed by atoms with Crippen LogP contribution >= 0.6 is 0 Å². The van der Waals surface area contributed by atoms with Crippen LogP contribution in [0.5, 0.6) is 0 Å². The van der Waals surface area contributed by atoms with E-state index in [9.17, 15) is 9.59 Å². The zero-order valence-corrected chi connectivity index (χ0v) is 18.6. The summed E-state index contributed by atoms with van der Waals surface area (Å²) in [6, 6.07) is 9.17. The van der Waals surface area contributed by atoms with Crippen molar-refractivity contribution in [2.45, 2.75) is 39.0 Å². The fraction of sp³-hybridized carbons (Fsp3) is 0.435. The van der Waals surface area contributed by atoms with E-state index in [0.29, 0.717) is 44.8 Å². The van der Waals surface area contributed by atoms with Crippen LogP contribution in [0.25, 0.3) is 11.3 Å². The van der Waals surface area contributed by atoms with Gasteiger partial charge in [0.1, 0.15) is 6.54 Å². The van der Waals surface area contributed by atoms with Gasteiger partial charge >= 0.3 is 11.8 Å². The van der Waals surface area contributed by atoms with E-state index in [-0.39, 0.29) is 29.7 Å². The smallest absolute Gasteiger partial charge is 0.316 e. The molecule has 3 aromatic rings. The van der Waals surface area contributed by atoms with E-state index in [1.165, 1.54) is 16.3 Å². The van der Waals surface area contributed by atoms with Gasteiger partial charge in [-0.1, -0.05) is 17.3 Å². The lowest BCUT2D eigenvalue weighted by Crippen LogP contribution is -2.47. The van der Waals surface area contributed by atoms with E-state index in [4.69, 9.17) is 14.0 Å². The Labute approximate surface area is 190 Å². The van der Waals surface area contributed by atoms with Gasteiger partial charge in [-0.25, -0.2) is 4.68 Å². The molecule has 0 radical (unpaired) electrons. The molecule has 0 N–H and O–H groups in total. The van der Waals surface area contributed by atoms with Crippen molar-refractivity contribution in [3.8, 4) is 11.3 Å². The minimum Gasteiger partial charge on any atom is -0.347 e. The summed E-state index contributed by atoms with van der Waals surface area (Å²) < 4.78 is 17.9. The molecular weight excluding hydrogens is 426 g/mol. The van der Waals surface area contributed by atoms with E-state index >= 15 is 0 Å². The van der Waals surface area contributed by atoms with Crippen molar-refractivity contribution >= 4 is 5.91 Å². The first-order valence-electron chi connectivity index (χ1n) is 11.0. The number of hydrogen-bond acceptors (Lipinski definition) is 8. The van der Waals surface area contributed by atoms with Crippen molar-refractivity contribution in [1.82, 2.24) is 24.8 Å². The van der Waals surface area contributed by atoms with E-state index in [2.05, 4.69) is 15.2 Å². The maximum Gasteiger partial charge on any atom is 0.316 e. The molecule has 1 aromatic carbocycles. The highest BCUT2D eigenvalue weighted by Crippen LogP contribution is 2.31. The standard InChI is InChI=1S/C23H25N5O5/c1-15-3-4-17(13-16(15)2)18-5-6-20(29)28(25-18)14-19-24-21(33-26-19)22(30)27-9-7-23(8-10-27)31-11-12-32-23/h3-6,13H,7-12,14H2,1-2H3. The molecule has 0 atom stereocenters. The number of benzene rings is 1. The monoisotopic (exact) mass is 451 g/mol. The van der Waals surface area contributed by atoms with Crippen LogP contribution in [0.4, 0.5) is 0 Å². The Morgan fingerprint density at radius 2 is 1.82 bits per heavy atom. The number of aromatic nitrogens is 4. The summed E-state index contributed by atoms with van der Waals surface area (Å²) in [5.74, 6) is -0.801. The molecule has 172 valence electrons. The van der Waals surface area contributed by atoms with E-state index in [1.807, 2.05) is 32.0 Å². The van der Waals surface area contributed by atoms with Crippen LogP contribution in [-0.4, -0.2) is 62.8 Å². The first kappa shape index (κ1) is 21.5. The molecule has 0 bridgehead atoms. The van der Waals surface area contributed by atoms with Crippen LogP contribution in [0.1, 0.15) is 40.5 Å². The maximum absolute atomic E-state index is 12.8. The van der Waals surface area contributed by atoms with Crippen molar-refractivity contribution in [2.75, 3.05) is 26.3 Å². The van der Waals surface area contributed by atoms with E-state index in [0.717, 1.165) is 11.1 Å². The Hall–Kier alpha value is -3.37. The Kier molecular flexibility index (Phi) is 5.55. The number of likely N-dealkylation sites (tertiary alicyclic amines) is 1. The van der Waals surface area contributed by atoms with Crippen molar-refractivity contribution in [2.24, 2.45) is 0 Å². The average molecular weight is 451 g/mol. The topological polar surface area (TPSA) is 113 Å². The molecule has 5 rings (SSSR count). The average Bonchev–Trinajstić information content (AvgIpc) is 3.47. The van der Waals surface area contributed by atoms with Crippen LogP contribution in [0, 0.1) is 13.8 Å². The quantitative estimate of drug-likeness (QED) is 0.592. The molecule has 10 heteroatoms. The summed E-state index contributed by atoms with van der Waals surface area (Å²) in [4.78, 5) is 31.0. The van der Waals surface area contributed by atoms with Crippen molar-refractivity contribution in [3.63, 3.8) is 0 Å². The Bertz CT molecular complexity index is 1230. The first-order chi connectivity index (χ1) is 15.9. The molecule has 10 nitrogen and oxygen atoms in total. The summed E-state index contributed by atoms with van der Waals surface area (Å²) >= 11 is 0. The molecular formula is C23H25N5O5. The highest BCUT2D eigenvalue weighted by molar-refractivity contribution is 5.89. The molecule has 2 aliphatic heterocycles. The van der Waals surface area contributed by atoms with Crippen LogP contribution in [0.2, 0.25) is 0 Å². The normalized spacial score (nSPS) is 17.6. The SMILES string of the molecule is Cc1ccc(-c2ccc(=O)n(Cc3noc(C(=O)N4CCC5(CC4)OCCO5)n3)n2)cc1C. The number of hydrogen-bond donors (Lipinski definition) is 0. The molecule has 2 aliphatic rings. The predicted octanol–water partition coefficient (Wildman–Crippen LogP) is 1.94. The number of carbonyl (C=O) groups is 1. The van der Waals surface area contributed by atoms with Gasteiger partial charge in [-0.15, -0.1) is 0 Å². The zero-order chi connectivity index (χ0) is 23.0. The van der Waals surface area contributed by atoms with Crippen molar-refractivity contribution in [3.05, 3.63) is 63.5 Å². The summed E-state index contributed by atoms with van der Waals surface area (Å²) in [6.45, 7) is 6.20. The number of carbonyl (C=O) groups excluding carboxylic acids is 1. The summed E-state index contributed by atoms with van der Waals surface area (Å²) in [6.07, 6.45) is 1.20. The van der Waals surface area contributed by atoms with Gasteiger partial charge in [0.15, 0.2) is 11.6 Å². The lowest BCUT2D eigenvalue weighted by atomic mass is 10.0. The van der Waals surface area contributed by atoms with Gasteiger partial charge in [0, 0.05) is 37.6 Å². The molecule has 2 aromatic heterocycles. The Morgan fingerprint density at radius 3 is 2.55 bits per heavy atom. The van der Waals surface area contributed by atoms with E-state index in [1.54, 1.807) is 11.0 Å². The number of ether oxygens (including phenoxy) is 2. The molecule has 2 fully saturated rings. The Balaban J connectivity index is 1.29. The molecule has 0 unspecified atom stereocenters. The third-order valence-corrected chi connectivity index (χ3v) is 6.24. The minimum atomic E-state index is -0.565. The van der Waals surface area contributed by atoms with E-state index < -0.39 is 5.79 Å². The summed E-state index contributed by atoms with van der Waals surface area (Å²) in [5, 5.41) is 8.34. The van der Waals surface area contributed by atoms with Crippen LogP contribution in [0.15, 0.2) is 39.6 Å². The second-order valence-corrected chi connectivity index (χ2v) is 8.43. The first-order valence-corrected chi connectivity index (χ1v) is 11.0. The number of nitrogens with zero attached hydrogens (tertiary/aromatic N) is 5. The number of amides is 1. The second-order valence-electron chi connectivity index (χ2n) is 8.43. The van der Waals surface area contributed by atoms with Gasteiger partial charge in [0.25, 0.3) is 5.56 Å². The molecule has 0 aliphatic carbocycles. The largest absolute Gasteiger partial charge is 0.347 e. The molecule has 4 heterocycles. The van der Waals surface area contributed by atoms with Crippen molar-refractivity contribution < 1.29 is 18.8 Å². The Morgan fingerprint density at radius 1 is 1.06 bits per heavy atom. The molecule has 33 heavy (non-hydrogen) atoms. The predicted molar refractivity (Wildman–Crippen MR) is 117 cm³/mol. The lowest BCUT2D eigenvalue weighted by Gasteiger charge is -2.36. The number of piperidine rings is 1. The van der Waals surface area contributed by atoms with Crippen LogP contribution in [0.3, 0.4) is 0 Å². The maximum atomic E-state index is 12.8. The second kappa shape index (κ2) is 8.53. The molecule has 1 amide bonds. The van der Waals surface area contributed by atoms with Gasteiger partial charge in [-0.05, 0) is 37.1 Å². The van der Waals surface area contributed by atoms with Crippen LogP contribution in [-0.2, 0) is 16.0 Å². The highest BCUT2D eigenvalue weighted by atomic mass is 16.7. The fourth-order valence-electron chi connectivity index (χ4n) is 4.13.